The summed E-state index contributed by atoms with van der Waals surface area (Å²) in [6.07, 6.45) is 2.39. The van der Waals surface area contributed by atoms with Crippen molar-refractivity contribution in [3.63, 3.8) is 0 Å². The van der Waals surface area contributed by atoms with Crippen molar-refractivity contribution in [3.05, 3.63) is 34.4 Å². The van der Waals surface area contributed by atoms with E-state index in [9.17, 15) is 10.1 Å². The minimum absolute atomic E-state index is 0.142. The van der Waals surface area contributed by atoms with Crippen molar-refractivity contribution in [1.29, 1.82) is 0 Å². The largest absolute Gasteiger partial charge is 0.385 e. The third-order valence-corrected chi connectivity index (χ3v) is 3.49. The number of nitro groups is 1. The summed E-state index contributed by atoms with van der Waals surface area (Å²) in [5.74, 6) is 0.667. The quantitative estimate of drug-likeness (QED) is 0.657. The van der Waals surface area contributed by atoms with Gasteiger partial charge in [-0.1, -0.05) is 6.07 Å². The van der Waals surface area contributed by atoms with E-state index in [0.29, 0.717) is 5.92 Å². The predicted octanol–water partition coefficient (Wildman–Crippen LogP) is 2.35. The molecule has 1 aromatic rings. The Bertz CT molecular complexity index is 414. The highest BCUT2D eigenvalue weighted by Crippen LogP contribution is 2.20. The van der Waals surface area contributed by atoms with Gasteiger partial charge in [-0.3, -0.25) is 10.1 Å². The molecule has 2 rings (SSSR count). The van der Waals surface area contributed by atoms with Crippen LogP contribution in [0.2, 0.25) is 0 Å². The van der Waals surface area contributed by atoms with Crippen LogP contribution >= 0.6 is 0 Å². The molecule has 1 saturated heterocycles. The Balaban J connectivity index is 1.86. The molecule has 0 unspecified atom stereocenters. The van der Waals surface area contributed by atoms with Crippen LogP contribution in [0.3, 0.4) is 0 Å². The van der Waals surface area contributed by atoms with E-state index in [4.69, 9.17) is 0 Å². The summed E-state index contributed by atoms with van der Waals surface area (Å²) < 4.78 is 0. The van der Waals surface area contributed by atoms with Gasteiger partial charge in [-0.05, 0) is 45.0 Å². The molecule has 1 N–H and O–H groups in total. The number of non-ortho nitro benzene ring substituents is 1. The number of piperidine rings is 1. The van der Waals surface area contributed by atoms with E-state index in [1.807, 2.05) is 6.07 Å². The van der Waals surface area contributed by atoms with Crippen molar-refractivity contribution >= 4 is 11.4 Å². The molecule has 0 aliphatic carbocycles. The highest BCUT2D eigenvalue weighted by Gasteiger charge is 2.16. The first kappa shape index (κ1) is 12.8. The van der Waals surface area contributed by atoms with Crippen molar-refractivity contribution in [1.82, 2.24) is 4.90 Å². The van der Waals surface area contributed by atoms with Crippen LogP contribution in [0, 0.1) is 16.0 Å². The molecule has 1 aromatic carbocycles. The fourth-order valence-corrected chi connectivity index (χ4v) is 2.26. The summed E-state index contributed by atoms with van der Waals surface area (Å²) in [4.78, 5) is 12.6. The smallest absolute Gasteiger partial charge is 0.271 e. The summed E-state index contributed by atoms with van der Waals surface area (Å²) in [5, 5.41) is 14.0. The average Bonchev–Trinajstić information content (AvgIpc) is 2.38. The zero-order chi connectivity index (χ0) is 13.0. The molecule has 0 amide bonds. The molecule has 0 spiro atoms. The van der Waals surface area contributed by atoms with Gasteiger partial charge in [0.05, 0.1) is 4.92 Å². The number of benzene rings is 1. The van der Waals surface area contributed by atoms with Gasteiger partial charge in [0.15, 0.2) is 0 Å². The van der Waals surface area contributed by atoms with Gasteiger partial charge in [-0.15, -0.1) is 0 Å². The first-order chi connectivity index (χ1) is 8.65. The minimum Gasteiger partial charge on any atom is -0.385 e. The molecule has 0 aromatic heterocycles. The second-order valence-corrected chi connectivity index (χ2v) is 4.93. The first-order valence-corrected chi connectivity index (χ1v) is 6.32. The molecule has 5 heteroatoms. The number of hydrogen-bond donors (Lipinski definition) is 1. The van der Waals surface area contributed by atoms with Gasteiger partial charge < -0.3 is 10.2 Å². The molecule has 98 valence electrons. The molecule has 5 nitrogen and oxygen atoms in total. The van der Waals surface area contributed by atoms with E-state index in [0.717, 1.165) is 25.3 Å². The van der Waals surface area contributed by atoms with Gasteiger partial charge in [0.25, 0.3) is 5.69 Å². The maximum atomic E-state index is 10.7. The molecule has 1 heterocycles. The molecule has 0 saturated carbocycles. The van der Waals surface area contributed by atoms with E-state index in [1.165, 1.54) is 18.9 Å². The number of anilines is 1. The maximum absolute atomic E-state index is 10.7. The van der Waals surface area contributed by atoms with Gasteiger partial charge in [0.1, 0.15) is 0 Å². The van der Waals surface area contributed by atoms with E-state index in [1.54, 1.807) is 12.1 Å². The molecular formula is C13H19N3O2. The van der Waals surface area contributed by atoms with Crippen molar-refractivity contribution in [3.8, 4) is 0 Å². The molecular weight excluding hydrogens is 230 g/mol. The van der Waals surface area contributed by atoms with E-state index in [2.05, 4.69) is 17.3 Å². The molecule has 1 aliphatic heterocycles. The summed E-state index contributed by atoms with van der Waals surface area (Å²) in [6.45, 7) is 3.18. The highest BCUT2D eigenvalue weighted by atomic mass is 16.6. The van der Waals surface area contributed by atoms with E-state index in [-0.39, 0.29) is 10.6 Å². The Morgan fingerprint density at radius 3 is 2.83 bits per heavy atom. The molecule has 0 radical (unpaired) electrons. The van der Waals surface area contributed by atoms with Crippen LogP contribution in [0.1, 0.15) is 12.8 Å². The minimum atomic E-state index is -0.360. The monoisotopic (exact) mass is 249 g/mol. The Morgan fingerprint density at radius 2 is 2.17 bits per heavy atom. The zero-order valence-electron chi connectivity index (χ0n) is 10.6. The van der Waals surface area contributed by atoms with Crippen LogP contribution in [0.25, 0.3) is 0 Å². The molecule has 18 heavy (non-hydrogen) atoms. The first-order valence-electron chi connectivity index (χ1n) is 6.32. The molecule has 0 atom stereocenters. The number of nitrogens with zero attached hydrogens (tertiary/aromatic N) is 2. The summed E-state index contributed by atoms with van der Waals surface area (Å²) in [7, 11) is 2.14. The third kappa shape index (κ3) is 3.43. The number of rotatable bonds is 4. The fourth-order valence-electron chi connectivity index (χ4n) is 2.26. The van der Waals surface area contributed by atoms with Gasteiger partial charge in [0.2, 0.25) is 0 Å². The van der Waals surface area contributed by atoms with Crippen molar-refractivity contribution in [2.24, 2.45) is 5.92 Å². The van der Waals surface area contributed by atoms with Crippen LogP contribution in [0.15, 0.2) is 24.3 Å². The average molecular weight is 249 g/mol. The fraction of sp³-hybridized carbons (Fsp3) is 0.538. The number of hydrogen-bond acceptors (Lipinski definition) is 4. The van der Waals surface area contributed by atoms with Gasteiger partial charge in [0, 0.05) is 24.4 Å². The summed E-state index contributed by atoms with van der Waals surface area (Å²) >= 11 is 0. The van der Waals surface area contributed by atoms with Crippen LogP contribution in [0.5, 0.6) is 0 Å². The van der Waals surface area contributed by atoms with E-state index < -0.39 is 0 Å². The maximum Gasteiger partial charge on any atom is 0.271 e. The zero-order valence-corrected chi connectivity index (χ0v) is 10.6. The third-order valence-electron chi connectivity index (χ3n) is 3.49. The van der Waals surface area contributed by atoms with Crippen molar-refractivity contribution in [2.45, 2.75) is 12.8 Å². The Hall–Kier alpha value is -1.62. The second kappa shape index (κ2) is 5.82. The van der Waals surface area contributed by atoms with Gasteiger partial charge in [-0.2, -0.15) is 0 Å². The molecule has 0 bridgehead atoms. The summed E-state index contributed by atoms with van der Waals surface area (Å²) in [5.41, 5.74) is 0.978. The van der Waals surface area contributed by atoms with Crippen LogP contribution in [0.4, 0.5) is 11.4 Å². The lowest BCUT2D eigenvalue weighted by atomic mass is 9.97. The van der Waals surface area contributed by atoms with Crippen molar-refractivity contribution in [2.75, 3.05) is 32.0 Å². The van der Waals surface area contributed by atoms with Crippen LogP contribution in [-0.2, 0) is 0 Å². The number of likely N-dealkylation sites (tertiary alicyclic amines) is 1. The highest BCUT2D eigenvalue weighted by molar-refractivity contribution is 5.50. The predicted molar refractivity (Wildman–Crippen MR) is 71.8 cm³/mol. The SMILES string of the molecule is CN1CCC(CNc2cccc([N+](=O)[O-])c2)CC1. The number of nitrogens with one attached hydrogen (secondary N) is 1. The Kier molecular flexibility index (Phi) is 4.15. The lowest BCUT2D eigenvalue weighted by molar-refractivity contribution is -0.384. The standard InChI is InChI=1S/C13H19N3O2/c1-15-7-5-11(6-8-15)10-14-12-3-2-4-13(9-12)16(17)18/h2-4,9,11,14H,5-8,10H2,1H3. The number of nitro benzene ring substituents is 1. The summed E-state index contributed by atoms with van der Waals surface area (Å²) in [6, 6.07) is 6.70. The molecule has 1 fully saturated rings. The topological polar surface area (TPSA) is 58.4 Å². The molecule has 1 aliphatic rings. The van der Waals surface area contributed by atoms with Crippen molar-refractivity contribution < 1.29 is 4.92 Å². The van der Waals surface area contributed by atoms with Gasteiger partial charge in [-0.25, -0.2) is 0 Å². The van der Waals surface area contributed by atoms with Crippen LogP contribution < -0.4 is 5.32 Å². The second-order valence-electron chi connectivity index (χ2n) is 4.93. The van der Waals surface area contributed by atoms with Gasteiger partial charge >= 0.3 is 0 Å². The normalized spacial score (nSPS) is 17.6. The lowest BCUT2D eigenvalue weighted by Gasteiger charge is -2.29. The lowest BCUT2D eigenvalue weighted by Crippen LogP contribution is -2.32. The van der Waals surface area contributed by atoms with Crippen LogP contribution in [-0.4, -0.2) is 36.5 Å². The van der Waals surface area contributed by atoms with E-state index >= 15 is 0 Å². The Labute approximate surface area is 107 Å². The Morgan fingerprint density at radius 1 is 1.44 bits per heavy atom.